The maximum atomic E-state index is 4.23. The highest BCUT2D eigenvalue weighted by Crippen LogP contribution is 2.19. The zero-order valence-corrected chi connectivity index (χ0v) is 8.59. The van der Waals surface area contributed by atoms with E-state index in [0.717, 1.165) is 15.7 Å². The van der Waals surface area contributed by atoms with Crippen LogP contribution in [0.3, 0.4) is 0 Å². The first-order valence-corrected chi connectivity index (χ1v) is 4.58. The van der Waals surface area contributed by atoms with E-state index in [4.69, 9.17) is 0 Å². The Hall–Kier alpha value is -0.830. The largest absolute Gasteiger partial charge is 0.237 e. The second-order valence-electron chi connectivity index (χ2n) is 2.96. The summed E-state index contributed by atoms with van der Waals surface area (Å²) in [5, 5.41) is 4.23. The van der Waals surface area contributed by atoms with E-state index in [9.17, 15) is 0 Å². The van der Waals surface area contributed by atoms with Crippen LogP contribution < -0.4 is 0 Å². The van der Waals surface area contributed by atoms with Crippen LogP contribution in [-0.4, -0.2) is 9.61 Å². The first-order valence-electron chi connectivity index (χ1n) is 3.79. The molecule has 0 aliphatic rings. The van der Waals surface area contributed by atoms with Crippen LogP contribution in [0.5, 0.6) is 0 Å². The zero-order valence-electron chi connectivity index (χ0n) is 7.00. The van der Waals surface area contributed by atoms with Gasteiger partial charge in [-0.05, 0) is 47.5 Å². The lowest BCUT2D eigenvalue weighted by Crippen LogP contribution is -1.92. The summed E-state index contributed by atoms with van der Waals surface area (Å²) in [5.41, 5.74) is 3.56. The lowest BCUT2D eigenvalue weighted by molar-refractivity contribution is 0.911. The zero-order chi connectivity index (χ0) is 8.72. The molecule has 0 aliphatic carbocycles. The number of aromatic nitrogens is 2. The highest BCUT2D eigenvalue weighted by molar-refractivity contribution is 9.10. The van der Waals surface area contributed by atoms with E-state index in [1.807, 2.05) is 10.7 Å². The third-order valence-electron chi connectivity index (χ3n) is 1.89. The Bertz CT molecular complexity index is 431. The van der Waals surface area contributed by atoms with E-state index >= 15 is 0 Å². The fourth-order valence-corrected chi connectivity index (χ4v) is 1.77. The van der Waals surface area contributed by atoms with Crippen molar-refractivity contribution in [3.63, 3.8) is 0 Å². The maximum absolute atomic E-state index is 4.23. The van der Waals surface area contributed by atoms with Gasteiger partial charge in [0, 0.05) is 5.69 Å². The van der Waals surface area contributed by atoms with Crippen LogP contribution in [0.4, 0.5) is 0 Å². The van der Waals surface area contributed by atoms with Crippen LogP contribution in [0.2, 0.25) is 0 Å². The summed E-state index contributed by atoms with van der Waals surface area (Å²) in [6.07, 6.45) is 1.82. The van der Waals surface area contributed by atoms with Gasteiger partial charge in [-0.2, -0.15) is 5.10 Å². The van der Waals surface area contributed by atoms with Crippen molar-refractivity contribution >= 4 is 21.4 Å². The van der Waals surface area contributed by atoms with Crippen LogP contribution in [0.15, 0.2) is 22.8 Å². The van der Waals surface area contributed by atoms with Gasteiger partial charge in [-0.1, -0.05) is 0 Å². The fourth-order valence-electron chi connectivity index (χ4n) is 1.40. The molecule has 0 spiro atoms. The lowest BCUT2D eigenvalue weighted by Gasteiger charge is -2.00. The molecular weight excluding hydrogens is 216 g/mol. The number of hydrogen-bond donors (Lipinski definition) is 0. The van der Waals surface area contributed by atoms with Crippen molar-refractivity contribution in [3.05, 3.63) is 34.1 Å². The second kappa shape index (κ2) is 2.59. The molecule has 0 amide bonds. The Morgan fingerprint density at radius 2 is 2.08 bits per heavy atom. The van der Waals surface area contributed by atoms with Crippen molar-refractivity contribution in [1.82, 2.24) is 9.61 Å². The topological polar surface area (TPSA) is 17.3 Å². The highest BCUT2D eigenvalue weighted by Gasteiger charge is 2.02. The SMILES string of the molecule is Cc1cc(C)n2ncc(Br)c2c1. The predicted molar refractivity (Wildman–Crippen MR) is 52.4 cm³/mol. The van der Waals surface area contributed by atoms with Gasteiger partial charge in [0.15, 0.2) is 0 Å². The van der Waals surface area contributed by atoms with Gasteiger partial charge in [0.25, 0.3) is 0 Å². The van der Waals surface area contributed by atoms with Crippen molar-refractivity contribution in [2.24, 2.45) is 0 Å². The minimum absolute atomic E-state index is 1.05. The summed E-state index contributed by atoms with van der Waals surface area (Å²) in [7, 11) is 0. The molecule has 62 valence electrons. The van der Waals surface area contributed by atoms with Crippen LogP contribution in [0.25, 0.3) is 5.52 Å². The minimum atomic E-state index is 1.05. The van der Waals surface area contributed by atoms with E-state index in [-0.39, 0.29) is 0 Å². The molecular formula is C9H9BrN2. The number of fused-ring (bicyclic) bond motifs is 1. The van der Waals surface area contributed by atoms with E-state index in [1.54, 1.807) is 0 Å². The Kier molecular flexibility index (Phi) is 1.68. The summed E-state index contributed by atoms with van der Waals surface area (Å²) in [6, 6.07) is 4.23. The molecule has 0 radical (unpaired) electrons. The summed E-state index contributed by atoms with van der Waals surface area (Å²) < 4.78 is 2.98. The quantitative estimate of drug-likeness (QED) is 0.673. The molecule has 0 bridgehead atoms. The van der Waals surface area contributed by atoms with E-state index in [0.29, 0.717) is 0 Å². The number of hydrogen-bond acceptors (Lipinski definition) is 1. The third kappa shape index (κ3) is 1.05. The van der Waals surface area contributed by atoms with Crippen LogP contribution in [0.1, 0.15) is 11.3 Å². The summed E-state index contributed by atoms with van der Waals surface area (Å²) in [5.74, 6) is 0. The number of aryl methyl sites for hydroxylation is 2. The molecule has 2 aromatic heterocycles. The van der Waals surface area contributed by atoms with E-state index in [1.165, 1.54) is 5.56 Å². The van der Waals surface area contributed by atoms with Crippen LogP contribution >= 0.6 is 15.9 Å². The van der Waals surface area contributed by atoms with Crippen LogP contribution in [-0.2, 0) is 0 Å². The molecule has 2 aromatic rings. The Morgan fingerprint density at radius 1 is 1.33 bits per heavy atom. The first-order chi connectivity index (χ1) is 5.68. The molecule has 0 unspecified atom stereocenters. The molecule has 0 atom stereocenters. The molecule has 2 heterocycles. The molecule has 12 heavy (non-hydrogen) atoms. The molecule has 2 rings (SSSR count). The molecule has 0 aliphatic heterocycles. The lowest BCUT2D eigenvalue weighted by atomic mass is 10.2. The van der Waals surface area contributed by atoms with Gasteiger partial charge in [0.1, 0.15) is 0 Å². The molecule has 0 saturated carbocycles. The van der Waals surface area contributed by atoms with Gasteiger partial charge in [-0.3, -0.25) is 0 Å². The summed E-state index contributed by atoms with van der Waals surface area (Å²) in [6.45, 7) is 4.14. The first kappa shape index (κ1) is 7.80. The van der Waals surface area contributed by atoms with Gasteiger partial charge in [-0.25, -0.2) is 4.52 Å². The standard InChI is InChI=1S/C9H9BrN2/c1-6-3-7(2)12-9(4-6)8(10)5-11-12/h3-5H,1-2H3. The molecule has 0 aromatic carbocycles. The van der Waals surface area contributed by atoms with Gasteiger partial charge in [0.2, 0.25) is 0 Å². The van der Waals surface area contributed by atoms with Gasteiger partial charge >= 0.3 is 0 Å². The Labute approximate surface area is 79.3 Å². The monoisotopic (exact) mass is 224 g/mol. The van der Waals surface area contributed by atoms with Crippen molar-refractivity contribution in [2.75, 3.05) is 0 Å². The Balaban J connectivity index is 2.92. The summed E-state index contributed by atoms with van der Waals surface area (Å²) >= 11 is 3.45. The molecule has 0 fully saturated rings. The van der Waals surface area contributed by atoms with Gasteiger partial charge in [0.05, 0.1) is 16.2 Å². The normalized spacial score (nSPS) is 10.9. The van der Waals surface area contributed by atoms with Gasteiger partial charge < -0.3 is 0 Å². The third-order valence-corrected chi connectivity index (χ3v) is 2.51. The van der Waals surface area contributed by atoms with Crippen molar-refractivity contribution in [1.29, 1.82) is 0 Å². The number of rotatable bonds is 0. The average Bonchev–Trinajstić information content (AvgIpc) is 2.33. The molecule has 2 nitrogen and oxygen atoms in total. The second-order valence-corrected chi connectivity index (χ2v) is 3.82. The smallest absolute Gasteiger partial charge is 0.0809 e. The molecule has 3 heteroatoms. The van der Waals surface area contributed by atoms with Crippen molar-refractivity contribution in [3.8, 4) is 0 Å². The Morgan fingerprint density at radius 3 is 2.83 bits per heavy atom. The molecule has 0 N–H and O–H groups in total. The van der Waals surface area contributed by atoms with Gasteiger partial charge in [-0.15, -0.1) is 0 Å². The number of nitrogens with zero attached hydrogens (tertiary/aromatic N) is 2. The number of halogens is 1. The van der Waals surface area contributed by atoms with E-state index < -0.39 is 0 Å². The van der Waals surface area contributed by atoms with Crippen LogP contribution in [0, 0.1) is 13.8 Å². The predicted octanol–water partition coefficient (Wildman–Crippen LogP) is 2.71. The number of pyridine rings is 1. The summed E-state index contributed by atoms with van der Waals surface area (Å²) in [4.78, 5) is 0. The minimum Gasteiger partial charge on any atom is -0.237 e. The average molecular weight is 225 g/mol. The highest BCUT2D eigenvalue weighted by atomic mass is 79.9. The van der Waals surface area contributed by atoms with Crippen molar-refractivity contribution < 1.29 is 0 Å². The molecule has 0 saturated heterocycles. The van der Waals surface area contributed by atoms with Crippen molar-refractivity contribution in [2.45, 2.75) is 13.8 Å². The maximum Gasteiger partial charge on any atom is 0.0809 e. The van der Waals surface area contributed by atoms with E-state index in [2.05, 4.69) is 47.0 Å². The fraction of sp³-hybridized carbons (Fsp3) is 0.222.